The van der Waals surface area contributed by atoms with Crippen LogP contribution in [0.15, 0.2) is 29.4 Å². The number of pyridine rings is 1. The largest absolute Gasteiger partial charge is 0.309 e. The number of carbonyl (C=O) groups is 1. The first-order valence-corrected chi connectivity index (χ1v) is 9.93. The van der Waals surface area contributed by atoms with Crippen molar-refractivity contribution in [3.8, 4) is 11.3 Å². The van der Waals surface area contributed by atoms with Gasteiger partial charge in [0.05, 0.1) is 23.3 Å². The van der Waals surface area contributed by atoms with Gasteiger partial charge in [-0.1, -0.05) is 11.6 Å². The van der Waals surface area contributed by atoms with E-state index >= 15 is 0 Å². The number of hydrogen-bond donors (Lipinski definition) is 2. The van der Waals surface area contributed by atoms with Gasteiger partial charge in [0.25, 0.3) is 10.0 Å². The van der Waals surface area contributed by atoms with E-state index < -0.39 is 10.0 Å². The summed E-state index contributed by atoms with van der Waals surface area (Å²) in [4.78, 5) is 15.2. The maximum atomic E-state index is 12.8. The molecule has 0 unspecified atom stereocenters. The molecule has 0 aliphatic heterocycles. The maximum absolute atomic E-state index is 12.8. The van der Waals surface area contributed by atoms with Crippen molar-refractivity contribution in [2.75, 3.05) is 10.0 Å². The van der Waals surface area contributed by atoms with Gasteiger partial charge in [-0.2, -0.15) is 10.2 Å². The van der Waals surface area contributed by atoms with Gasteiger partial charge in [-0.25, -0.2) is 8.42 Å². The monoisotopic (exact) mass is 423 g/mol. The van der Waals surface area contributed by atoms with E-state index in [1.807, 2.05) is 0 Å². The minimum absolute atomic E-state index is 0.0145. The molecule has 3 heterocycles. The van der Waals surface area contributed by atoms with Crippen molar-refractivity contribution in [2.24, 2.45) is 14.1 Å². The molecular formula is C16H18ClN7O3S. The summed E-state index contributed by atoms with van der Waals surface area (Å²) in [6.07, 6.45) is 2.94. The summed E-state index contributed by atoms with van der Waals surface area (Å²) in [5.41, 5.74) is 1.79. The first-order chi connectivity index (χ1) is 13.1. The lowest BCUT2D eigenvalue weighted by Gasteiger charge is -2.09. The highest BCUT2D eigenvalue weighted by Crippen LogP contribution is 2.28. The van der Waals surface area contributed by atoms with Crippen molar-refractivity contribution in [3.05, 3.63) is 35.4 Å². The molecule has 0 fully saturated rings. The molecular weight excluding hydrogens is 406 g/mol. The zero-order chi connectivity index (χ0) is 20.6. The number of aryl methyl sites for hydroxylation is 3. The molecule has 0 radical (unpaired) electrons. The lowest BCUT2D eigenvalue weighted by molar-refractivity contribution is -0.114. The lowest BCUT2D eigenvalue weighted by Crippen LogP contribution is -2.14. The SMILES string of the molecule is CC(=O)Nc1cc(-c2cncc(NS(=O)(=O)c3c(C)nn(C)c3Cl)c2)n(C)n1. The fourth-order valence-electron chi connectivity index (χ4n) is 2.74. The van der Waals surface area contributed by atoms with Gasteiger partial charge in [-0.05, 0) is 13.0 Å². The van der Waals surface area contributed by atoms with Gasteiger partial charge in [0.1, 0.15) is 10.0 Å². The Morgan fingerprint density at radius 2 is 1.86 bits per heavy atom. The van der Waals surface area contributed by atoms with Gasteiger partial charge in [0.15, 0.2) is 5.82 Å². The average Bonchev–Trinajstić information content (AvgIpc) is 3.05. The maximum Gasteiger partial charge on any atom is 0.266 e. The van der Waals surface area contributed by atoms with Gasteiger partial charge in [0.2, 0.25) is 5.91 Å². The zero-order valence-corrected chi connectivity index (χ0v) is 17.1. The van der Waals surface area contributed by atoms with Crippen LogP contribution in [-0.2, 0) is 28.9 Å². The number of hydrogen-bond acceptors (Lipinski definition) is 6. The second-order valence-corrected chi connectivity index (χ2v) is 8.09. The van der Waals surface area contributed by atoms with Crippen LogP contribution in [0.2, 0.25) is 5.15 Å². The van der Waals surface area contributed by atoms with E-state index in [1.165, 1.54) is 17.8 Å². The number of aromatic nitrogens is 5. The third-order valence-corrected chi connectivity index (χ3v) is 5.92. The van der Waals surface area contributed by atoms with Crippen LogP contribution >= 0.6 is 11.6 Å². The third kappa shape index (κ3) is 3.85. The van der Waals surface area contributed by atoms with Crippen LogP contribution in [-0.4, -0.2) is 38.9 Å². The minimum Gasteiger partial charge on any atom is -0.309 e. The second-order valence-electron chi connectivity index (χ2n) is 6.12. The number of sulfonamides is 1. The van der Waals surface area contributed by atoms with Gasteiger partial charge in [-0.15, -0.1) is 0 Å². The van der Waals surface area contributed by atoms with Crippen molar-refractivity contribution < 1.29 is 13.2 Å². The van der Waals surface area contributed by atoms with Crippen LogP contribution in [0, 0.1) is 6.92 Å². The van der Waals surface area contributed by atoms with Crippen LogP contribution < -0.4 is 10.0 Å². The Labute approximate surface area is 166 Å². The van der Waals surface area contributed by atoms with Crippen molar-refractivity contribution in [1.82, 2.24) is 24.5 Å². The molecule has 0 spiro atoms. The third-order valence-electron chi connectivity index (χ3n) is 3.84. The van der Waals surface area contributed by atoms with E-state index in [2.05, 4.69) is 25.2 Å². The van der Waals surface area contributed by atoms with E-state index in [0.29, 0.717) is 17.1 Å². The predicted octanol–water partition coefficient (Wildman–Crippen LogP) is 1.94. The Kier molecular flexibility index (Phi) is 5.13. The zero-order valence-electron chi connectivity index (χ0n) is 15.6. The van der Waals surface area contributed by atoms with E-state index in [9.17, 15) is 13.2 Å². The molecule has 12 heteroatoms. The number of halogens is 1. The highest BCUT2D eigenvalue weighted by Gasteiger charge is 2.25. The molecule has 0 aliphatic carbocycles. The first kappa shape index (κ1) is 19.8. The Bertz CT molecular complexity index is 1170. The Morgan fingerprint density at radius 3 is 2.46 bits per heavy atom. The summed E-state index contributed by atoms with van der Waals surface area (Å²) < 4.78 is 30.8. The topological polar surface area (TPSA) is 124 Å². The normalized spacial score (nSPS) is 11.5. The molecule has 0 bridgehead atoms. The average molecular weight is 424 g/mol. The van der Waals surface area contributed by atoms with Crippen molar-refractivity contribution in [3.63, 3.8) is 0 Å². The minimum atomic E-state index is -3.96. The number of carbonyl (C=O) groups excluding carboxylic acids is 1. The summed E-state index contributed by atoms with van der Waals surface area (Å²) in [7, 11) is -0.693. The summed E-state index contributed by atoms with van der Waals surface area (Å²) in [5.74, 6) is 0.141. The predicted molar refractivity (Wildman–Crippen MR) is 105 cm³/mol. The molecule has 1 amide bonds. The van der Waals surface area contributed by atoms with E-state index in [4.69, 9.17) is 11.6 Å². The molecule has 28 heavy (non-hydrogen) atoms. The Morgan fingerprint density at radius 1 is 1.14 bits per heavy atom. The highest BCUT2D eigenvalue weighted by molar-refractivity contribution is 7.92. The number of amides is 1. The lowest BCUT2D eigenvalue weighted by atomic mass is 10.2. The van der Waals surface area contributed by atoms with Crippen LogP contribution in [0.3, 0.4) is 0 Å². The summed E-state index contributed by atoms with van der Waals surface area (Å²) in [6, 6.07) is 3.28. The van der Waals surface area contributed by atoms with Gasteiger partial charge in [-0.3, -0.25) is 23.9 Å². The van der Waals surface area contributed by atoms with Crippen LogP contribution in [0.5, 0.6) is 0 Å². The molecule has 3 aromatic heterocycles. The van der Waals surface area contributed by atoms with E-state index in [-0.39, 0.29) is 27.3 Å². The fourth-order valence-corrected chi connectivity index (χ4v) is 4.52. The van der Waals surface area contributed by atoms with Gasteiger partial charge in [0, 0.05) is 38.8 Å². The quantitative estimate of drug-likeness (QED) is 0.646. The number of nitrogens with one attached hydrogen (secondary N) is 2. The molecule has 0 aliphatic rings. The van der Waals surface area contributed by atoms with Crippen molar-refractivity contribution >= 4 is 39.0 Å². The molecule has 0 saturated carbocycles. The van der Waals surface area contributed by atoms with Gasteiger partial charge < -0.3 is 5.32 Å². The van der Waals surface area contributed by atoms with E-state index in [1.54, 1.807) is 44.0 Å². The molecule has 3 rings (SSSR count). The highest BCUT2D eigenvalue weighted by atomic mass is 35.5. The molecule has 10 nitrogen and oxygen atoms in total. The molecule has 0 aromatic carbocycles. The number of nitrogens with zero attached hydrogens (tertiary/aromatic N) is 5. The van der Waals surface area contributed by atoms with Crippen LogP contribution in [0.1, 0.15) is 12.6 Å². The Balaban J connectivity index is 1.94. The standard InChI is InChI=1S/C16H18ClN7O3S/c1-9-15(16(17)24(4)20-9)28(26,27)22-12-5-11(7-18-8-12)13-6-14(19-10(2)25)21-23(13)3/h5-8,22H,1-4H3,(H,19,21,25). The van der Waals surface area contributed by atoms with Crippen molar-refractivity contribution in [2.45, 2.75) is 18.7 Å². The molecule has 148 valence electrons. The summed E-state index contributed by atoms with van der Waals surface area (Å²) in [6.45, 7) is 2.95. The smallest absolute Gasteiger partial charge is 0.266 e. The molecule has 2 N–H and O–H groups in total. The Hall–Kier alpha value is -2.92. The number of anilines is 2. The van der Waals surface area contributed by atoms with Crippen molar-refractivity contribution in [1.29, 1.82) is 0 Å². The summed E-state index contributed by atoms with van der Waals surface area (Å²) in [5, 5.41) is 10.8. The first-order valence-electron chi connectivity index (χ1n) is 8.07. The molecule has 0 atom stereocenters. The summed E-state index contributed by atoms with van der Waals surface area (Å²) >= 11 is 6.08. The number of rotatable bonds is 5. The van der Waals surface area contributed by atoms with E-state index in [0.717, 1.165) is 0 Å². The molecule has 0 saturated heterocycles. The molecule has 3 aromatic rings. The van der Waals surface area contributed by atoms with Crippen LogP contribution in [0.25, 0.3) is 11.3 Å². The van der Waals surface area contributed by atoms with Gasteiger partial charge >= 0.3 is 0 Å². The second kappa shape index (κ2) is 7.24. The fraction of sp³-hybridized carbons (Fsp3) is 0.250. The van der Waals surface area contributed by atoms with Crippen LogP contribution in [0.4, 0.5) is 11.5 Å².